The molecule has 4 nitrogen and oxygen atoms in total. The van der Waals surface area contributed by atoms with E-state index in [0.29, 0.717) is 33.8 Å². The van der Waals surface area contributed by atoms with E-state index in [2.05, 4.69) is 5.32 Å². The third kappa shape index (κ3) is 2.96. The lowest BCUT2D eigenvalue weighted by atomic mass is 10.2. The number of benzene rings is 2. The Kier molecular flexibility index (Phi) is 3.99. The Hall–Kier alpha value is -1.78. The quantitative estimate of drug-likeness (QED) is 0.907. The maximum atomic E-state index is 6.15. The van der Waals surface area contributed by atoms with Gasteiger partial charge in [0, 0.05) is 12.2 Å². The first-order valence-corrected chi connectivity index (χ1v) is 7.08. The molecule has 0 bridgehead atoms. The van der Waals surface area contributed by atoms with E-state index in [9.17, 15) is 0 Å². The summed E-state index contributed by atoms with van der Waals surface area (Å²) in [6, 6.07) is 9.30. The highest BCUT2D eigenvalue weighted by Gasteiger charge is 2.18. The van der Waals surface area contributed by atoms with Gasteiger partial charge in [-0.05, 0) is 35.9 Å². The molecule has 2 aromatic rings. The van der Waals surface area contributed by atoms with E-state index in [1.54, 1.807) is 7.11 Å². The van der Waals surface area contributed by atoms with Gasteiger partial charge in [-0.15, -0.1) is 0 Å². The first-order valence-electron chi connectivity index (χ1n) is 6.33. The van der Waals surface area contributed by atoms with Crippen molar-refractivity contribution in [1.82, 2.24) is 0 Å². The summed E-state index contributed by atoms with van der Waals surface area (Å²) in [6.07, 6.45) is 0. The fourth-order valence-electron chi connectivity index (χ4n) is 2.10. The van der Waals surface area contributed by atoms with Crippen LogP contribution < -0.4 is 19.5 Å². The largest absolute Gasteiger partial charge is 0.495 e. The molecule has 0 radical (unpaired) electrons. The van der Waals surface area contributed by atoms with Crippen molar-refractivity contribution in [2.24, 2.45) is 0 Å². The van der Waals surface area contributed by atoms with Gasteiger partial charge in [0.25, 0.3) is 0 Å². The van der Waals surface area contributed by atoms with Crippen LogP contribution in [0.5, 0.6) is 17.2 Å². The van der Waals surface area contributed by atoms with Crippen LogP contribution in [-0.4, -0.2) is 13.9 Å². The number of halogens is 2. The summed E-state index contributed by atoms with van der Waals surface area (Å²) in [7, 11) is 1.59. The topological polar surface area (TPSA) is 39.7 Å². The smallest absolute Gasteiger partial charge is 0.231 e. The van der Waals surface area contributed by atoms with Crippen molar-refractivity contribution in [3.8, 4) is 17.2 Å². The van der Waals surface area contributed by atoms with Gasteiger partial charge < -0.3 is 19.5 Å². The van der Waals surface area contributed by atoms with Crippen LogP contribution >= 0.6 is 23.2 Å². The van der Waals surface area contributed by atoms with Crippen LogP contribution in [0.25, 0.3) is 0 Å². The van der Waals surface area contributed by atoms with Crippen molar-refractivity contribution >= 4 is 28.9 Å². The second-order valence-corrected chi connectivity index (χ2v) is 5.33. The summed E-state index contributed by atoms with van der Waals surface area (Å²) >= 11 is 12.2. The third-order valence-electron chi connectivity index (χ3n) is 3.14. The third-order valence-corrected chi connectivity index (χ3v) is 3.71. The first kappa shape index (κ1) is 14.2. The second kappa shape index (κ2) is 5.92. The van der Waals surface area contributed by atoms with Crippen molar-refractivity contribution < 1.29 is 14.2 Å². The summed E-state index contributed by atoms with van der Waals surface area (Å²) in [5.41, 5.74) is 1.89. The summed E-state index contributed by atoms with van der Waals surface area (Å²) in [5.74, 6) is 1.92. The normalized spacial score (nSPS) is 12.3. The Labute approximate surface area is 132 Å². The van der Waals surface area contributed by atoms with Crippen molar-refractivity contribution in [3.05, 3.63) is 45.9 Å². The highest BCUT2D eigenvalue weighted by molar-refractivity contribution is 6.32. The van der Waals surface area contributed by atoms with Gasteiger partial charge in [0.1, 0.15) is 5.75 Å². The highest BCUT2D eigenvalue weighted by atomic mass is 35.5. The molecule has 0 saturated carbocycles. The Morgan fingerprint density at radius 3 is 2.76 bits per heavy atom. The molecule has 0 atom stereocenters. The van der Waals surface area contributed by atoms with Gasteiger partial charge in [-0.1, -0.05) is 23.2 Å². The predicted octanol–water partition coefficient (Wildman–Crippen LogP) is 4.34. The lowest BCUT2D eigenvalue weighted by molar-refractivity contribution is 0.174. The summed E-state index contributed by atoms with van der Waals surface area (Å²) in [4.78, 5) is 0. The van der Waals surface area contributed by atoms with E-state index >= 15 is 0 Å². The molecule has 1 aliphatic heterocycles. The zero-order valence-electron chi connectivity index (χ0n) is 11.3. The SMILES string of the molecule is COc1ccc(NCc2cc(Cl)c3c(c2)OCO3)cc1Cl. The fraction of sp³-hybridized carbons (Fsp3) is 0.200. The van der Waals surface area contributed by atoms with Crippen LogP contribution in [0.15, 0.2) is 30.3 Å². The highest BCUT2D eigenvalue weighted by Crippen LogP contribution is 2.40. The van der Waals surface area contributed by atoms with E-state index in [-0.39, 0.29) is 6.79 Å². The number of nitrogens with one attached hydrogen (secondary N) is 1. The molecule has 110 valence electrons. The molecule has 1 heterocycles. The summed E-state index contributed by atoms with van der Waals surface area (Å²) in [5, 5.41) is 4.39. The molecular formula is C15H13Cl2NO3. The molecule has 2 aromatic carbocycles. The molecule has 0 aliphatic carbocycles. The van der Waals surface area contributed by atoms with Crippen molar-refractivity contribution in [3.63, 3.8) is 0 Å². The number of rotatable bonds is 4. The van der Waals surface area contributed by atoms with Crippen molar-refractivity contribution in [2.45, 2.75) is 6.54 Å². The molecule has 0 spiro atoms. The van der Waals surface area contributed by atoms with E-state index in [1.165, 1.54) is 0 Å². The maximum absolute atomic E-state index is 6.15. The fourth-order valence-corrected chi connectivity index (χ4v) is 2.65. The minimum Gasteiger partial charge on any atom is -0.495 e. The molecule has 21 heavy (non-hydrogen) atoms. The van der Waals surface area contributed by atoms with Crippen LogP contribution in [0.1, 0.15) is 5.56 Å². The molecule has 0 aromatic heterocycles. The van der Waals surface area contributed by atoms with Gasteiger partial charge in [-0.2, -0.15) is 0 Å². The summed E-state index contributed by atoms with van der Waals surface area (Å²) < 4.78 is 15.8. The standard InChI is InChI=1S/C15H13Cl2NO3/c1-19-13-3-2-10(6-11(13)16)18-7-9-4-12(17)15-14(5-9)20-8-21-15/h2-6,18H,7-8H2,1H3. The van der Waals surface area contributed by atoms with Gasteiger partial charge in [0.15, 0.2) is 11.5 Å². The average molecular weight is 326 g/mol. The molecule has 0 amide bonds. The van der Waals surface area contributed by atoms with E-state index in [1.807, 2.05) is 30.3 Å². The first-order chi connectivity index (χ1) is 10.2. The molecule has 6 heteroatoms. The van der Waals surface area contributed by atoms with Crippen LogP contribution in [0.4, 0.5) is 5.69 Å². The van der Waals surface area contributed by atoms with Crippen LogP contribution in [-0.2, 0) is 6.54 Å². The second-order valence-electron chi connectivity index (χ2n) is 4.51. The Bertz CT molecular complexity index is 676. The molecule has 0 saturated heterocycles. The molecule has 0 fully saturated rings. The number of anilines is 1. The molecule has 1 aliphatic rings. The number of ether oxygens (including phenoxy) is 3. The molecule has 0 unspecified atom stereocenters. The minimum atomic E-state index is 0.208. The zero-order valence-corrected chi connectivity index (χ0v) is 12.8. The number of hydrogen-bond acceptors (Lipinski definition) is 4. The van der Waals surface area contributed by atoms with Gasteiger partial charge in [-0.3, -0.25) is 0 Å². The van der Waals surface area contributed by atoms with Gasteiger partial charge >= 0.3 is 0 Å². The number of methoxy groups -OCH3 is 1. The zero-order chi connectivity index (χ0) is 14.8. The Balaban J connectivity index is 1.73. The predicted molar refractivity (Wildman–Crippen MR) is 82.9 cm³/mol. The monoisotopic (exact) mass is 325 g/mol. The van der Waals surface area contributed by atoms with Crippen LogP contribution in [0, 0.1) is 0 Å². The number of fused-ring (bicyclic) bond motifs is 1. The lowest BCUT2D eigenvalue weighted by Crippen LogP contribution is -1.99. The Morgan fingerprint density at radius 1 is 1.14 bits per heavy atom. The van der Waals surface area contributed by atoms with Gasteiger partial charge in [0.05, 0.1) is 17.2 Å². The van der Waals surface area contributed by atoms with Gasteiger partial charge in [-0.25, -0.2) is 0 Å². The van der Waals surface area contributed by atoms with Crippen molar-refractivity contribution in [1.29, 1.82) is 0 Å². The Morgan fingerprint density at radius 2 is 2.00 bits per heavy atom. The average Bonchev–Trinajstić information content (AvgIpc) is 2.94. The van der Waals surface area contributed by atoms with E-state index in [0.717, 1.165) is 11.3 Å². The van der Waals surface area contributed by atoms with Crippen molar-refractivity contribution in [2.75, 3.05) is 19.2 Å². The number of hydrogen-bond donors (Lipinski definition) is 1. The molecule has 1 N–H and O–H groups in total. The van der Waals surface area contributed by atoms with E-state index < -0.39 is 0 Å². The van der Waals surface area contributed by atoms with Crippen LogP contribution in [0.2, 0.25) is 10.0 Å². The van der Waals surface area contributed by atoms with Crippen LogP contribution in [0.3, 0.4) is 0 Å². The molecule has 3 rings (SSSR count). The lowest BCUT2D eigenvalue weighted by Gasteiger charge is -2.10. The minimum absolute atomic E-state index is 0.208. The van der Waals surface area contributed by atoms with Gasteiger partial charge in [0.2, 0.25) is 6.79 Å². The maximum Gasteiger partial charge on any atom is 0.231 e. The summed E-state index contributed by atoms with van der Waals surface area (Å²) in [6.45, 7) is 0.805. The molecular weight excluding hydrogens is 313 g/mol. The van der Waals surface area contributed by atoms with E-state index in [4.69, 9.17) is 37.4 Å².